The Kier molecular flexibility index (Phi) is 2.13. The van der Waals surface area contributed by atoms with Crippen molar-refractivity contribution in [3.8, 4) is 0 Å². The number of aliphatic hydroxyl groups is 1. The molecule has 2 rings (SSSR count). The molecule has 0 bridgehead atoms. The van der Waals surface area contributed by atoms with Gasteiger partial charge in [-0.05, 0) is 37.5 Å². The Morgan fingerprint density at radius 1 is 1.25 bits per heavy atom. The minimum atomic E-state index is -0.330. The highest BCUT2D eigenvalue weighted by Gasteiger charge is 2.48. The molecule has 2 aliphatic rings. The zero-order valence-corrected chi connectivity index (χ0v) is 7.75. The van der Waals surface area contributed by atoms with E-state index in [0.29, 0.717) is 11.8 Å². The van der Waals surface area contributed by atoms with Crippen molar-refractivity contribution in [2.75, 3.05) is 13.2 Å². The third-order valence-corrected chi connectivity index (χ3v) is 3.76. The summed E-state index contributed by atoms with van der Waals surface area (Å²) in [5.41, 5.74) is -0.330. The van der Waals surface area contributed by atoms with Crippen LogP contribution in [0.25, 0.3) is 0 Å². The van der Waals surface area contributed by atoms with Crippen molar-refractivity contribution >= 4 is 0 Å². The Morgan fingerprint density at radius 2 is 1.92 bits per heavy atom. The first-order valence-electron chi connectivity index (χ1n) is 5.03. The summed E-state index contributed by atoms with van der Waals surface area (Å²) in [5, 5.41) is 10.2. The van der Waals surface area contributed by atoms with Crippen LogP contribution in [0.2, 0.25) is 0 Å². The lowest BCUT2D eigenvalue weighted by Crippen LogP contribution is -2.53. The van der Waals surface area contributed by atoms with Crippen LogP contribution in [0.5, 0.6) is 0 Å². The smallest absolute Gasteiger partial charge is 0.0703 e. The highest BCUT2D eigenvalue weighted by molar-refractivity contribution is 4.99. The van der Waals surface area contributed by atoms with Crippen LogP contribution in [0.1, 0.15) is 32.6 Å². The molecule has 2 fully saturated rings. The maximum atomic E-state index is 10.2. The molecule has 1 saturated carbocycles. The van der Waals surface area contributed by atoms with Gasteiger partial charge in [-0.2, -0.15) is 0 Å². The summed E-state index contributed by atoms with van der Waals surface area (Å²) in [6, 6.07) is 0. The molecule has 0 radical (unpaired) electrons. The molecule has 2 atom stereocenters. The minimum Gasteiger partial charge on any atom is -0.389 e. The Bertz CT molecular complexity index is 163. The van der Waals surface area contributed by atoms with Crippen molar-refractivity contribution in [2.24, 2.45) is 11.8 Å². The number of hydrogen-bond donors (Lipinski definition) is 1. The van der Waals surface area contributed by atoms with Gasteiger partial charge >= 0.3 is 0 Å². The lowest BCUT2D eigenvalue weighted by molar-refractivity contribution is -0.152. The zero-order chi connectivity index (χ0) is 8.60. The predicted octanol–water partition coefficient (Wildman–Crippen LogP) is 1.57. The zero-order valence-electron chi connectivity index (χ0n) is 7.75. The fourth-order valence-corrected chi connectivity index (χ4v) is 2.53. The van der Waals surface area contributed by atoms with E-state index < -0.39 is 0 Å². The lowest BCUT2D eigenvalue weighted by atomic mass is 9.62. The van der Waals surface area contributed by atoms with Crippen LogP contribution in [-0.4, -0.2) is 23.9 Å². The first-order chi connectivity index (χ1) is 5.73. The van der Waals surface area contributed by atoms with Crippen LogP contribution in [0.3, 0.4) is 0 Å². The monoisotopic (exact) mass is 170 g/mol. The molecule has 2 unspecified atom stereocenters. The molecule has 12 heavy (non-hydrogen) atoms. The number of ether oxygens (including phenoxy) is 1. The molecule has 1 aliphatic carbocycles. The average molecular weight is 170 g/mol. The second-order valence-corrected chi connectivity index (χ2v) is 4.32. The van der Waals surface area contributed by atoms with E-state index in [1.54, 1.807) is 0 Å². The first kappa shape index (κ1) is 8.52. The molecular weight excluding hydrogens is 152 g/mol. The second kappa shape index (κ2) is 3.00. The van der Waals surface area contributed by atoms with Crippen LogP contribution in [0, 0.1) is 11.8 Å². The van der Waals surface area contributed by atoms with Gasteiger partial charge in [0.15, 0.2) is 0 Å². The highest BCUT2D eigenvalue weighted by atomic mass is 16.5. The van der Waals surface area contributed by atoms with Crippen molar-refractivity contribution in [1.82, 2.24) is 0 Å². The summed E-state index contributed by atoms with van der Waals surface area (Å²) in [5.74, 6) is 1.02. The molecule has 0 amide bonds. The van der Waals surface area contributed by atoms with E-state index in [4.69, 9.17) is 4.74 Å². The van der Waals surface area contributed by atoms with Gasteiger partial charge in [0.2, 0.25) is 0 Å². The average Bonchev–Trinajstić information content (AvgIpc) is 2.16. The Hall–Kier alpha value is -0.0800. The summed E-state index contributed by atoms with van der Waals surface area (Å²) < 4.78 is 5.29. The topological polar surface area (TPSA) is 29.5 Å². The van der Waals surface area contributed by atoms with Gasteiger partial charge in [-0.15, -0.1) is 0 Å². The predicted molar refractivity (Wildman–Crippen MR) is 46.9 cm³/mol. The number of hydrogen-bond acceptors (Lipinski definition) is 2. The Balaban J connectivity index is 1.97. The second-order valence-electron chi connectivity index (χ2n) is 4.32. The quantitative estimate of drug-likeness (QED) is 0.647. The van der Waals surface area contributed by atoms with E-state index in [9.17, 15) is 5.11 Å². The molecule has 70 valence electrons. The van der Waals surface area contributed by atoms with Crippen molar-refractivity contribution in [3.63, 3.8) is 0 Å². The van der Waals surface area contributed by atoms with Gasteiger partial charge in [0, 0.05) is 13.2 Å². The van der Waals surface area contributed by atoms with Crippen LogP contribution in [0.15, 0.2) is 0 Å². The highest BCUT2D eigenvalue weighted by Crippen LogP contribution is 2.46. The summed E-state index contributed by atoms with van der Waals surface area (Å²) in [4.78, 5) is 0. The maximum Gasteiger partial charge on any atom is 0.0703 e. The molecular formula is C10H18O2. The summed E-state index contributed by atoms with van der Waals surface area (Å²) in [6.45, 7) is 3.86. The van der Waals surface area contributed by atoms with E-state index in [1.165, 1.54) is 6.42 Å². The van der Waals surface area contributed by atoms with Gasteiger partial charge in [0.25, 0.3) is 0 Å². The van der Waals surface area contributed by atoms with E-state index in [0.717, 1.165) is 32.5 Å². The van der Waals surface area contributed by atoms with Crippen molar-refractivity contribution < 1.29 is 9.84 Å². The third-order valence-electron chi connectivity index (χ3n) is 3.76. The van der Waals surface area contributed by atoms with E-state index in [-0.39, 0.29) is 5.60 Å². The van der Waals surface area contributed by atoms with E-state index in [2.05, 4.69) is 6.92 Å². The Morgan fingerprint density at radius 3 is 2.33 bits per heavy atom. The fraction of sp³-hybridized carbons (Fsp3) is 1.00. The van der Waals surface area contributed by atoms with Gasteiger partial charge in [0.1, 0.15) is 0 Å². The van der Waals surface area contributed by atoms with E-state index >= 15 is 0 Å². The molecule has 0 aromatic carbocycles. The first-order valence-corrected chi connectivity index (χ1v) is 5.03. The van der Waals surface area contributed by atoms with Crippen LogP contribution in [-0.2, 0) is 4.74 Å². The Labute approximate surface area is 73.9 Å². The van der Waals surface area contributed by atoms with Crippen molar-refractivity contribution in [1.29, 1.82) is 0 Å². The molecule has 2 heteroatoms. The molecule has 1 aliphatic heterocycles. The standard InChI is InChI=1S/C10H18O2/c1-8-2-5-10(8,11)9-3-6-12-7-4-9/h8-9,11H,2-7H2,1H3. The van der Waals surface area contributed by atoms with Gasteiger partial charge in [-0.1, -0.05) is 6.92 Å². The normalized spacial score (nSPS) is 44.0. The molecule has 1 N–H and O–H groups in total. The van der Waals surface area contributed by atoms with Gasteiger partial charge < -0.3 is 9.84 Å². The molecule has 0 aromatic rings. The maximum absolute atomic E-state index is 10.2. The van der Waals surface area contributed by atoms with Gasteiger partial charge in [0.05, 0.1) is 5.60 Å². The van der Waals surface area contributed by atoms with E-state index in [1.807, 2.05) is 0 Å². The van der Waals surface area contributed by atoms with Crippen LogP contribution >= 0.6 is 0 Å². The van der Waals surface area contributed by atoms with Crippen molar-refractivity contribution in [2.45, 2.75) is 38.2 Å². The fourth-order valence-electron chi connectivity index (χ4n) is 2.53. The largest absolute Gasteiger partial charge is 0.389 e. The molecule has 0 aromatic heterocycles. The van der Waals surface area contributed by atoms with Gasteiger partial charge in [-0.3, -0.25) is 0 Å². The molecule has 0 spiro atoms. The number of rotatable bonds is 1. The third kappa shape index (κ3) is 1.17. The molecule has 1 heterocycles. The summed E-state index contributed by atoms with van der Waals surface area (Å²) >= 11 is 0. The summed E-state index contributed by atoms with van der Waals surface area (Å²) in [7, 11) is 0. The lowest BCUT2D eigenvalue weighted by Gasteiger charge is -2.50. The molecule has 2 nitrogen and oxygen atoms in total. The molecule has 1 saturated heterocycles. The summed E-state index contributed by atoms with van der Waals surface area (Å²) in [6.07, 6.45) is 4.33. The minimum absolute atomic E-state index is 0.330. The van der Waals surface area contributed by atoms with Crippen LogP contribution < -0.4 is 0 Å². The van der Waals surface area contributed by atoms with Crippen LogP contribution in [0.4, 0.5) is 0 Å². The van der Waals surface area contributed by atoms with Gasteiger partial charge in [-0.25, -0.2) is 0 Å². The SMILES string of the molecule is CC1CCC1(O)C1CCOCC1. The van der Waals surface area contributed by atoms with Crippen molar-refractivity contribution in [3.05, 3.63) is 0 Å².